The third kappa shape index (κ3) is 7.26. The van der Waals surface area contributed by atoms with E-state index in [-0.39, 0.29) is 6.61 Å². The number of aliphatic hydroxyl groups excluding tert-OH is 1. The molecule has 0 aliphatic rings. The lowest BCUT2D eigenvalue weighted by Crippen LogP contribution is -2.36. The van der Waals surface area contributed by atoms with E-state index in [0.717, 1.165) is 6.54 Å². The van der Waals surface area contributed by atoms with E-state index in [2.05, 4.69) is 18.7 Å². The smallest absolute Gasteiger partial charge is 0.0700 e. The molecule has 0 saturated heterocycles. The van der Waals surface area contributed by atoms with Gasteiger partial charge in [0.05, 0.1) is 26.4 Å². The molecule has 0 fully saturated rings. The minimum Gasteiger partial charge on any atom is -0.395 e. The fraction of sp³-hybridized carbons (Fsp3) is 1.00. The lowest BCUT2D eigenvalue weighted by molar-refractivity contribution is 0.0485. The minimum absolute atomic E-state index is 0.205. The number of hydrogen-bond acceptors (Lipinski definition) is 4. The predicted octanol–water partition coefficient (Wildman–Crippen LogP) is 0.352. The molecule has 0 aliphatic carbocycles. The van der Waals surface area contributed by atoms with Gasteiger partial charge in [-0.3, -0.25) is 4.90 Å². The van der Waals surface area contributed by atoms with Crippen LogP contribution in [0.4, 0.5) is 0 Å². The summed E-state index contributed by atoms with van der Waals surface area (Å²) >= 11 is 0. The molecule has 0 spiro atoms. The summed E-state index contributed by atoms with van der Waals surface area (Å²) in [6.07, 6.45) is 0. The fourth-order valence-corrected chi connectivity index (χ4v) is 1.18. The van der Waals surface area contributed by atoms with Crippen molar-refractivity contribution in [1.29, 1.82) is 0 Å². The Bertz CT molecular complexity index is 120. The normalized spacial score (nSPS) is 11.6. The van der Waals surface area contributed by atoms with Crippen molar-refractivity contribution < 1.29 is 14.6 Å². The molecule has 0 aromatic rings. The highest BCUT2D eigenvalue weighted by Gasteiger charge is 2.07. The van der Waals surface area contributed by atoms with Crippen LogP contribution >= 0.6 is 0 Å². The summed E-state index contributed by atoms with van der Waals surface area (Å²) in [6.45, 7) is 7.99. The summed E-state index contributed by atoms with van der Waals surface area (Å²) in [5.41, 5.74) is 0. The van der Waals surface area contributed by atoms with Crippen molar-refractivity contribution in [3.05, 3.63) is 0 Å². The van der Waals surface area contributed by atoms with Crippen LogP contribution in [-0.2, 0) is 9.47 Å². The molecular formula is C10H23NO3. The highest BCUT2D eigenvalue weighted by atomic mass is 16.5. The molecule has 86 valence electrons. The second-order valence-corrected chi connectivity index (χ2v) is 3.46. The molecule has 0 aromatic heterocycles. The van der Waals surface area contributed by atoms with Crippen LogP contribution in [0.5, 0.6) is 0 Å². The first-order valence-electron chi connectivity index (χ1n) is 5.14. The van der Waals surface area contributed by atoms with Crippen LogP contribution < -0.4 is 0 Å². The number of ether oxygens (including phenoxy) is 2. The molecule has 0 radical (unpaired) electrons. The first kappa shape index (κ1) is 13.8. The number of nitrogens with zero attached hydrogens (tertiary/aromatic N) is 1. The van der Waals surface area contributed by atoms with Gasteiger partial charge >= 0.3 is 0 Å². The van der Waals surface area contributed by atoms with Crippen LogP contribution in [-0.4, -0.2) is 62.7 Å². The maximum atomic E-state index is 8.82. The lowest BCUT2D eigenvalue weighted by atomic mass is 10.3. The second-order valence-electron chi connectivity index (χ2n) is 3.46. The van der Waals surface area contributed by atoms with Gasteiger partial charge in [0.2, 0.25) is 0 Å². The van der Waals surface area contributed by atoms with Gasteiger partial charge in [-0.2, -0.15) is 0 Å². The lowest BCUT2D eigenvalue weighted by Gasteiger charge is -2.25. The highest BCUT2D eigenvalue weighted by Crippen LogP contribution is 1.96. The quantitative estimate of drug-likeness (QED) is 0.552. The average molecular weight is 205 g/mol. The first-order valence-corrected chi connectivity index (χ1v) is 5.14. The SMILES string of the molecule is COCCOCCN(CCO)C(C)C. The summed E-state index contributed by atoms with van der Waals surface area (Å²) in [4.78, 5) is 2.19. The molecule has 1 N–H and O–H groups in total. The topological polar surface area (TPSA) is 41.9 Å². The van der Waals surface area contributed by atoms with Gasteiger partial charge in [0.25, 0.3) is 0 Å². The maximum Gasteiger partial charge on any atom is 0.0700 e. The van der Waals surface area contributed by atoms with Crippen molar-refractivity contribution >= 4 is 0 Å². The molecule has 0 aromatic carbocycles. The van der Waals surface area contributed by atoms with Gasteiger partial charge in [-0.05, 0) is 13.8 Å². The Morgan fingerprint density at radius 3 is 2.36 bits per heavy atom. The van der Waals surface area contributed by atoms with E-state index in [9.17, 15) is 0 Å². The van der Waals surface area contributed by atoms with Crippen molar-refractivity contribution in [3.63, 3.8) is 0 Å². The molecule has 14 heavy (non-hydrogen) atoms. The molecule has 0 bridgehead atoms. The first-order chi connectivity index (χ1) is 6.72. The van der Waals surface area contributed by atoms with Crippen LogP contribution in [0.1, 0.15) is 13.8 Å². The summed E-state index contributed by atoms with van der Waals surface area (Å²) in [5, 5.41) is 8.82. The number of rotatable bonds is 9. The van der Waals surface area contributed by atoms with Crippen LogP contribution in [0.25, 0.3) is 0 Å². The molecule has 4 heteroatoms. The average Bonchev–Trinajstić information content (AvgIpc) is 2.15. The van der Waals surface area contributed by atoms with E-state index in [1.54, 1.807) is 7.11 Å². The highest BCUT2D eigenvalue weighted by molar-refractivity contribution is 4.61. The molecule has 4 nitrogen and oxygen atoms in total. The Labute approximate surface area is 86.8 Å². The van der Waals surface area contributed by atoms with E-state index < -0.39 is 0 Å². The van der Waals surface area contributed by atoms with Gasteiger partial charge in [-0.25, -0.2) is 0 Å². The number of methoxy groups -OCH3 is 1. The minimum atomic E-state index is 0.205. The standard InChI is InChI=1S/C10H23NO3/c1-10(2)11(4-6-12)5-7-14-9-8-13-3/h10,12H,4-9H2,1-3H3. The summed E-state index contributed by atoms with van der Waals surface area (Å²) in [6, 6.07) is 0.452. The third-order valence-corrected chi connectivity index (χ3v) is 2.07. The zero-order valence-corrected chi connectivity index (χ0v) is 9.53. The van der Waals surface area contributed by atoms with Gasteiger partial charge in [0, 0.05) is 26.2 Å². The van der Waals surface area contributed by atoms with Gasteiger partial charge in [0.1, 0.15) is 0 Å². The van der Waals surface area contributed by atoms with Crippen molar-refractivity contribution in [1.82, 2.24) is 4.90 Å². The fourth-order valence-electron chi connectivity index (χ4n) is 1.18. The summed E-state index contributed by atoms with van der Waals surface area (Å²) in [5.74, 6) is 0. The molecular weight excluding hydrogens is 182 g/mol. The van der Waals surface area contributed by atoms with Gasteiger partial charge in [-0.15, -0.1) is 0 Å². The van der Waals surface area contributed by atoms with E-state index in [4.69, 9.17) is 14.6 Å². The second kappa shape index (κ2) is 9.40. The molecule has 0 aliphatic heterocycles. The Hall–Kier alpha value is -0.160. The van der Waals surface area contributed by atoms with Crippen molar-refractivity contribution in [2.75, 3.05) is 46.6 Å². The van der Waals surface area contributed by atoms with E-state index in [1.165, 1.54) is 0 Å². The maximum absolute atomic E-state index is 8.82. The van der Waals surface area contributed by atoms with Crippen LogP contribution in [0, 0.1) is 0 Å². The van der Waals surface area contributed by atoms with Gasteiger partial charge in [0.15, 0.2) is 0 Å². The van der Waals surface area contributed by atoms with Crippen molar-refractivity contribution in [2.45, 2.75) is 19.9 Å². The number of aliphatic hydroxyl groups is 1. The Balaban J connectivity index is 3.41. The zero-order valence-electron chi connectivity index (χ0n) is 9.53. The Kier molecular flexibility index (Phi) is 9.29. The van der Waals surface area contributed by atoms with Gasteiger partial charge < -0.3 is 14.6 Å². The molecule has 0 atom stereocenters. The third-order valence-electron chi connectivity index (χ3n) is 2.07. The van der Waals surface area contributed by atoms with E-state index in [0.29, 0.717) is 32.4 Å². The number of hydrogen-bond donors (Lipinski definition) is 1. The molecule has 0 heterocycles. The largest absolute Gasteiger partial charge is 0.395 e. The Morgan fingerprint density at radius 1 is 1.14 bits per heavy atom. The predicted molar refractivity (Wildman–Crippen MR) is 56.5 cm³/mol. The Morgan fingerprint density at radius 2 is 1.86 bits per heavy atom. The van der Waals surface area contributed by atoms with E-state index >= 15 is 0 Å². The molecule has 0 amide bonds. The summed E-state index contributed by atoms with van der Waals surface area (Å²) < 4.78 is 10.2. The van der Waals surface area contributed by atoms with Crippen LogP contribution in [0.3, 0.4) is 0 Å². The molecule has 0 rings (SSSR count). The zero-order chi connectivity index (χ0) is 10.8. The van der Waals surface area contributed by atoms with Crippen LogP contribution in [0.2, 0.25) is 0 Å². The van der Waals surface area contributed by atoms with Gasteiger partial charge in [-0.1, -0.05) is 0 Å². The van der Waals surface area contributed by atoms with Crippen LogP contribution in [0.15, 0.2) is 0 Å². The molecule has 0 unspecified atom stereocenters. The van der Waals surface area contributed by atoms with Crippen molar-refractivity contribution in [2.24, 2.45) is 0 Å². The molecule has 0 saturated carbocycles. The summed E-state index contributed by atoms with van der Waals surface area (Å²) in [7, 11) is 1.66. The van der Waals surface area contributed by atoms with E-state index in [1.807, 2.05) is 0 Å². The monoisotopic (exact) mass is 205 g/mol. The van der Waals surface area contributed by atoms with Crippen molar-refractivity contribution in [3.8, 4) is 0 Å².